The van der Waals surface area contributed by atoms with Crippen LogP contribution in [0.1, 0.15) is 5.56 Å². The second kappa shape index (κ2) is 5.61. The van der Waals surface area contributed by atoms with Gasteiger partial charge in [-0.2, -0.15) is 0 Å². The molecule has 0 aliphatic rings. The summed E-state index contributed by atoms with van der Waals surface area (Å²) in [4.78, 5) is -0.661. The van der Waals surface area contributed by atoms with Crippen LogP contribution in [-0.4, -0.2) is 8.42 Å². The standard InChI is InChI=1S/C13H11BrF2N2O2S/c1-7-11(17)3-2-4-12(7)18-21(19,20)13-9(14)5-8(15)6-10(13)16/h2-6,18H,17H2,1H3. The number of nitrogen functional groups attached to an aromatic ring is 1. The van der Waals surface area contributed by atoms with Crippen molar-refractivity contribution in [1.29, 1.82) is 0 Å². The molecular formula is C13H11BrF2N2O2S. The number of nitrogens with one attached hydrogen (secondary N) is 1. The van der Waals surface area contributed by atoms with E-state index in [1.165, 1.54) is 6.07 Å². The van der Waals surface area contributed by atoms with Gasteiger partial charge in [0.15, 0.2) is 0 Å². The number of benzene rings is 2. The van der Waals surface area contributed by atoms with E-state index in [1.54, 1.807) is 19.1 Å². The van der Waals surface area contributed by atoms with E-state index in [9.17, 15) is 17.2 Å². The second-order valence-electron chi connectivity index (χ2n) is 4.32. The first-order valence-electron chi connectivity index (χ1n) is 5.75. The van der Waals surface area contributed by atoms with Crippen molar-refractivity contribution in [2.75, 3.05) is 10.5 Å². The predicted molar refractivity (Wildman–Crippen MR) is 80.5 cm³/mol. The first kappa shape index (κ1) is 15.7. The van der Waals surface area contributed by atoms with Gasteiger partial charge in [-0.3, -0.25) is 4.72 Å². The normalized spacial score (nSPS) is 11.4. The van der Waals surface area contributed by atoms with E-state index >= 15 is 0 Å². The first-order chi connectivity index (χ1) is 9.72. The van der Waals surface area contributed by atoms with Crippen LogP contribution in [-0.2, 0) is 10.0 Å². The van der Waals surface area contributed by atoms with Crippen molar-refractivity contribution in [1.82, 2.24) is 0 Å². The third-order valence-corrected chi connectivity index (χ3v) is 5.18. The third kappa shape index (κ3) is 3.16. The Morgan fingerprint density at radius 3 is 2.52 bits per heavy atom. The Morgan fingerprint density at radius 2 is 1.90 bits per heavy atom. The molecule has 0 amide bonds. The molecule has 0 unspecified atom stereocenters. The summed E-state index contributed by atoms with van der Waals surface area (Å²) in [6.07, 6.45) is 0. The molecule has 0 heterocycles. The predicted octanol–water partition coefficient (Wildman–Crippen LogP) is 3.42. The summed E-state index contributed by atoms with van der Waals surface area (Å²) in [5.41, 5.74) is 6.83. The summed E-state index contributed by atoms with van der Waals surface area (Å²) < 4.78 is 53.4. The Hall–Kier alpha value is -1.67. The van der Waals surface area contributed by atoms with Crippen molar-refractivity contribution in [3.05, 3.63) is 52.0 Å². The van der Waals surface area contributed by atoms with E-state index in [2.05, 4.69) is 20.7 Å². The summed E-state index contributed by atoms with van der Waals surface area (Å²) in [6.45, 7) is 1.63. The largest absolute Gasteiger partial charge is 0.398 e. The molecule has 8 heteroatoms. The van der Waals surface area contributed by atoms with E-state index in [0.29, 0.717) is 17.3 Å². The molecule has 3 N–H and O–H groups in total. The maximum atomic E-state index is 13.8. The molecule has 21 heavy (non-hydrogen) atoms. The van der Waals surface area contributed by atoms with Gasteiger partial charge in [0, 0.05) is 16.2 Å². The molecule has 0 aromatic heterocycles. The number of halogens is 3. The first-order valence-corrected chi connectivity index (χ1v) is 8.02. The number of nitrogens with two attached hydrogens (primary N) is 1. The van der Waals surface area contributed by atoms with Gasteiger partial charge in [0.2, 0.25) is 0 Å². The lowest BCUT2D eigenvalue weighted by Crippen LogP contribution is -2.16. The molecule has 112 valence electrons. The molecule has 0 atom stereocenters. The topological polar surface area (TPSA) is 72.2 Å². The monoisotopic (exact) mass is 376 g/mol. The van der Waals surface area contributed by atoms with E-state index in [0.717, 1.165) is 6.07 Å². The van der Waals surface area contributed by atoms with Crippen molar-refractivity contribution in [3.8, 4) is 0 Å². The summed E-state index contributed by atoms with van der Waals surface area (Å²) in [5, 5.41) is 0. The fourth-order valence-electron chi connectivity index (χ4n) is 1.75. The summed E-state index contributed by atoms with van der Waals surface area (Å²) in [5.74, 6) is -2.06. The fourth-order valence-corrected chi connectivity index (χ4v) is 4.04. The van der Waals surface area contributed by atoms with Gasteiger partial charge in [-0.15, -0.1) is 0 Å². The zero-order chi connectivity index (χ0) is 15.8. The lowest BCUT2D eigenvalue weighted by atomic mass is 10.2. The van der Waals surface area contributed by atoms with Crippen LogP contribution in [0.3, 0.4) is 0 Å². The molecule has 2 aromatic rings. The van der Waals surface area contributed by atoms with E-state index < -0.39 is 26.6 Å². The zero-order valence-corrected chi connectivity index (χ0v) is 13.2. The number of hydrogen-bond acceptors (Lipinski definition) is 3. The average Bonchev–Trinajstić information content (AvgIpc) is 2.33. The Morgan fingerprint density at radius 1 is 1.24 bits per heavy atom. The van der Waals surface area contributed by atoms with Gasteiger partial charge in [-0.25, -0.2) is 17.2 Å². The van der Waals surface area contributed by atoms with Gasteiger partial charge in [-0.1, -0.05) is 6.07 Å². The molecule has 4 nitrogen and oxygen atoms in total. The Bertz CT molecular complexity index is 787. The second-order valence-corrected chi connectivity index (χ2v) is 6.80. The maximum Gasteiger partial charge on any atom is 0.265 e. The summed E-state index contributed by atoms with van der Waals surface area (Å²) in [7, 11) is -4.22. The minimum atomic E-state index is -4.22. The summed E-state index contributed by atoms with van der Waals surface area (Å²) in [6, 6.07) is 6.06. The van der Waals surface area contributed by atoms with Crippen LogP contribution in [0.5, 0.6) is 0 Å². The highest BCUT2D eigenvalue weighted by atomic mass is 79.9. The molecule has 0 radical (unpaired) electrons. The van der Waals surface area contributed by atoms with Crippen molar-refractivity contribution in [3.63, 3.8) is 0 Å². The lowest BCUT2D eigenvalue weighted by molar-refractivity contribution is 0.548. The van der Waals surface area contributed by atoms with Crippen LogP contribution in [0.15, 0.2) is 39.7 Å². The number of anilines is 2. The molecule has 0 fully saturated rings. The van der Waals surface area contributed by atoms with E-state index in [4.69, 9.17) is 5.73 Å². The molecule has 0 saturated heterocycles. The van der Waals surface area contributed by atoms with Crippen molar-refractivity contribution < 1.29 is 17.2 Å². The van der Waals surface area contributed by atoms with Crippen LogP contribution in [0, 0.1) is 18.6 Å². The fraction of sp³-hybridized carbons (Fsp3) is 0.0769. The van der Waals surface area contributed by atoms with Gasteiger partial charge in [0.05, 0.1) is 5.69 Å². The molecule has 0 saturated carbocycles. The van der Waals surface area contributed by atoms with Crippen LogP contribution in [0.4, 0.5) is 20.2 Å². The molecule has 0 aliphatic heterocycles. The molecule has 0 aliphatic carbocycles. The van der Waals surface area contributed by atoms with Gasteiger partial charge >= 0.3 is 0 Å². The van der Waals surface area contributed by atoms with E-state index in [1.807, 2.05) is 0 Å². The van der Waals surface area contributed by atoms with Crippen LogP contribution >= 0.6 is 15.9 Å². The molecular weight excluding hydrogens is 366 g/mol. The smallest absolute Gasteiger partial charge is 0.265 e. The highest BCUT2D eigenvalue weighted by molar-refractivity contribution is 9.10. The minimum Gasteiger partial charge on any atom is -0.398 e. The Labute approximate surface area is 129 Å². The quantitative estimate of drug-likeness (QED) is 0.806. The maximum absolute atomic E-state index is 13.8. The lowest BCUT2D eigenvalue weighted by Gasteiger charge is -2.13. The Balaban J connectivity index is 2.51. The zero-order valence-electron chi connectivity index (χ0n) is 10.8. The van der Waals surface area contributed by atoms with Gasteiger partial charge < -0.3 is 5.73 Å². The number of rotatable bonds is 3. The molecule has 2 aromatic carbocycles. The average molecular weight is 377 g/mol. The van der Waals surface area contributed by atoms with Gasteiger partial charge in [0.25, 0.3) is 10.0 Å². The van der Waals surface area contributed by atoms with Crippen molar-refractivity contribution in [2.24, 2.45) is 0 Å². The summed E-state index contributed by atoms with van der Waals surface area (Å²) >= 11 is 2.86. The minimum absolute atomic E-state index is 0.200. The van der Waals surface area contributed by atoms with Gasteiger partial charge in [-0.05, 0) is 46.6 Å². The molecule has 0 bridgehead atoms. The number of hydrogen-bond donors (Lipinski definition) is 2. The highest BCUT2D eigenvalue weighted by Gasteiger charge is 2.24. The molecule has 0 spiro atoms. The van der Waals surface area contributed by atoms with Crippen LogP contribution in [0.25, 0.3) is 0 Å². The Kier molecular flexibility index (Phi) is 4.20. The highest BCUT2D eigenvalue weighted by Crippen LogP contribution is 2.29. The van der Waals surface area contributed by atoms with Crippen molar-refractivity contribution in [2.45, 2.75) is 11.8 Å². The van der Waals surface area contributed by atoms with Gasteiger partial charge in [0.1, 0.15) is 16.5 Å². The number of sulfonamides is 1. The van der Waals surface area contributed by atoms with Crippen LogP contribution in [0.2, 0.25) is 0 Å². The molecule has 2 rings (SSSR count). The van der Waals surface area contributed by atoms with E-state index in [-0.39, 0.29) is 10.2 Å². The SMILES string of the molecule is Cc1c(N)cccc1NS(=O)(=O)c1c(F)cc(F)cc1Br. The van der Waals surface area contributed by atoms with Crippen LogP contribution < -0.4 is 10.5 Å². The van der Waals surface area contributed by atoms with Crippen molar-refractivity contribution >= 4 is 37.3 Å². The third-order valence-electron chi connectivity index (χ3n) is 2.85.